The van der Waals surface area contributed by atoms with E-state index in [0.717, 1.165) is 10.1 Å². The van der Waals surface area contributed by atoms with Gasteiger partial charge in [-0.15, -0.1) is 11.3 Å². The van der Waals surface area contributed by atoms with Crippen molar-refractivity contribution in [3.63, 3.8) is 0 Å². The number of fused-ring (bicyclic) bond motifs is 1. The number of aromatic carboxylic acids is 1. The summed E-state index contributed by atoms with van der Waals surface area (Å²) >= 11 is 1.28. The van der Waals surface area contributed by atoms with Crippen molar-refractivity contribution >= 4 is 33.2 Å². The zero-order chi connectivity index (χ0) is 11.0. The van der Waals surface area contributed by atoms with Crippen LogP contribution in [0.15, 0.2) is 18.3 Å². The lowest BCUT2D eigenvalue weighted by atomic mass is 10.2. The van der Waals surface area contributed by atoms with E-state index in [1.165, 1.54) is 30.5 Å². The third-order valence-corrected chi connectivity index (χ3v) is 3.17. The van der Waals surface area contributed by atoms with E-state index in [0.29, 0.717) is 4.88 Å². The quantitative estimate of drug-likeness (QED) is 0.789. The van der Waals surface area contributed by atoms with Crippen molar-refractivity contribution in [2.45, 2.75) is 6.92 Å². The van der Waals surface area contributed by atoms with Gasteiger partial charge in [-0.2, -0.15) is 0 Å². The van der Waals surface area contributed by atoms with Crippen molar-refractivity contribution in [2.75, 3.05) is 0 Å². The summed E-state index contributed by atoms with van der Waals surface area (Å²) in [5.41, 5.74) is -0.000507. The number of hydrogen-bond acceptors (Lipinski definition) is 4. The average Bonchev–Trinajstić information content (AvgIpc) is 2.59. The van der Waals surface area contributed by atoms with Gasteiger partial charge < -0.3 is 5.11 Å². The Kier molecular flexibility index (Phi) is 2.24. The van der Waals surface area contributed by atoms with Crippen LogP contribution >= 0.6 is 11.3 Å². The second-order valence-electron chi connectivity index (χ2n) is 3.08. The van der Waals surface area contributed by atoms with Gasteiger partial charge in [0.25, 0.3) is 0 Å². The van der Waals surface area contributed by atoms with Crippen LogP contribution in [0.4, 0.5) is 0 Å². The second-order valence-corrected chi connectivity index (χ2v) is 4.16. The third-order valence-electron chi connectivity index (χ3n) is 1.97. The van der Waals surface area contributed by atoms with Crippen molar-refractivity contribution in [1.82, 2.24) is 4.98 Å². The van der Waals surface area contributed by atoms with Crippen LogP contribution in [0, 0.1) is 0 Å². The maximum absolute atomic E-state index is 11.1. The number of carbonyl (C=O) groups is 2. The molecule has 0 bridgehead atoms. The number of Topliss-reactive ketones (excluding diaryl/α,β-unsaturated/α-hetero) is 1. The summed E-state index contributed by atoms with van der Waals surface area (Å²) in [6, 6.07) is 3.20. The molecule has 2 rings (SSSR count). The lowest BCUT2D eigenvalue weighted by Gasteiger charge is -1.91. The summed E-state index contributed by atoms with van der Waals surface area (Å²) in [6.45, 7) is 1.48. The molecule has 5 heteroatoms. The summed E-state index contributed by atoms with van der Waals surface area (Å²) in [5.74, 6) is -1.08. The molecular weight excluding hydrogens is 214 g/mol. The topological polar surface area (TPSA) is 67.3 Å². The van der Waals surface area contributed by atoms with Gasteiger partial charge in [0.2, 0.25) is 0 Å². The van der Waals surface area contributed by atoms with Crippen molar-refractivity contribution in [3.05, 3.63) is 28.9 Å². The molecule has 76 valence electrons. The number of carbonyl (C=O) groups excluding carboxylic acids is 1. The number of carboxylic acids is 1. The van der Waals surface area contributed by atoms with E-state index >= 15 is 0 Å². The molecule has 0 radical (unpaired) electrons. The molecule has 0 aliphatic rings. The molecule has 2 heterocycles. The fraction of sp³-hybridized carbons (Fsp3) is 0.100. The second kappa shape index (κ2) is 3.43. The molecule has 15 heavy (non-hydrogen) atoms. The lowest BCUT2D eigenvalue weighted by Crippen LogP contribution is -1.98. The normalized spacial score (nSPS) is 10.5. The van der Waals surface area contributed by atoms with Gasteiger partial charge in [-0.1, -0.05) is 0 Å². The molecule has 0 aromatic carbocycles. The summed E-state index contributed by atoms with van der Waals surface area (Å²) in [6.07, 6.45) is 1.47. The van der Waals surface area contributed by atoms with Crippen LogP contribution in [-0.2, 0) is 0 Å². The van der Waals surface area contributed by atoms with Gasteiger partial charge in [0.15, 0.2) is 5.78 Å². The molecule has 0 atom stereocenters. The molecule has 1 N–H and O–H groups in total. The van der Waals surface area contributed by atoms with Gasteiger partial charge in [0.05, 0.1) is 4.88 Å². The molecule has 2 aromatic heterocycles. The SMILES string of the molecule is CC(=O)c1cc2cnc(C(=O)O)cc2s1. The molecule has 2 aromatic rings. The number of rotatable bonds is 2. The van der Waals surface area contributed by atoms with Crippen LogP contribution < -0.4 is 0 Å². The predicted octanol–water partition coefficient (Wildman–Crippen LogP) is 2.20. The Morgan fingerprint density at radius 1 is 1.40 bits per heavy atom. The largest absolute Gasteiger partial charge is 0.477 e. The highest BCUT2D eigenvalue weighted by atomic mass is 32.1. The lowest BCUT2D eigenvalue weighted by molar-refractivity contribution is 0.0690. The Hall–Kier alpha value is -1.75. The van der Waals surface area contributed by atoms with Gasteiger partial charge in [-0.25, -0.2) is 9.78 Å². The number of aromatic nitrogens is 1. The summed E-state index contributed by atoms with van der Waals surface area (Å²) < 4.78 is 0.771. The minimum Gasteiger partial charge on any atom is -0.477 e. The van der Waals surface area contributed by atoms with Crippen LogP contribution in [0.2, 0.25) is 0 Å². The van der Waals surface area contributed by atoms with Crippen LogP contribution in [0.1, 0.15) is 27.1 Å². The van der Waals surface area contributed by atoms with E-state index in [1.54, 1.807) is 6.07 Å². The first-order valence-corrected chi connectivity index (χ1v) is 5.03. The predicted molar refractivity (Wildman–Crippen MR) is 56.6 cm³/mol. The first kappa shape index (κ1) is 9.79. The maximum atomic E-state index is 11.1. The van der Waals surface area contributed by atoms with Crippen LogP contribution in [0.5, 0.6) is 0 Å². The molecule has 0 aliphatic heterocycles. The van der Waals surface area contributed by atoms with E-state index in [4.69, 9.17) is 5.11 Å². The molecule has 4 nitrogen and oxygen atoms in total. The van der Waals surface area contributed by atoms with Gasteiger partial charge in [0.1, 0.15) is 5.69 Å². The number of nitrogens with zero attached hydrogens (tertiary/aromatic N) is 1. The van der Waals surface area contributed by atoms with Crippen molar-refractivity contribution in [2.24, 2.45) is 0 Å². The number of thiophene rings is 1. The van der Waals surface area contributed by atoms with E-state index in [9.17, 15) is 9.59 Å². The Bertz CT molecular complexity index is 547. The fourth-order valence-electron chi connectivity index (χ4n) is 1.22. The summed E-state index contributed by atoms with van der Waals surface area (Å²) in [5, 5.41) is 9.54. The summed E-state index contributed by atoms with van der Waals surface area (Å²) in [4.78, 5) is 26.2. The van der Waals surface area contributed by atoms with E-state index < -0.39 is 5.97 Å². The average molecular weight is 221 g/mol. The molecule has 0 spiro atoms. The van der Waals surface area contributed by atoms with Gasteiger partial charge >= 0.3 is 5.97 Å². The van der Waals surface area contributed by atoms with Gasteiger partial charge in [-0.05, 0) is 19.1 Å². The Morgan fingerprint density at radius 2 is 2.13 bits per heavy atom. The number of carboxylic acid groups (broad SMARTS) is 1. The fourth-order valence-corrected chi connectivity index (χ4v) is 2.19. The number of hydrogen-bond donors (Lipinski definition) is 1. The van der Waals surface area contributed by atoms with Gasteiger partial charge in [-0.3, -0.25) is 4.79 Å². The number of pyridine rings is 1. The van der Waals surface area contributed by atoms with Gasteiger partial charge in [0, 0.05) is 16.3 Å². The molecular formula is C10H7NO3S. The standard InChI is InChI=1S/C10H7NO3S/c1-5(12)8-2-6-4-11-7(10(13)14)3-9(6)15-8/h2-4H,1H3,(H,13,14). The van der Waals surface area contributed by atoms with Crippen molar-refractivity contribution < 1.29 is 14.7 Å². The Labute approximate surface area is 89.2 Å². The zero-order valence-electron chi connectivity index (χ0n) is 7.85. The molecule has 0 aliphatic carbocycles. The number of ketones is 1. The van der Waals surface area contributed by atoms with E-state index in [1.807, 2.05) is 0 Å². The minimum absolute atomic E-state index is 0.000507. The first-order valence-electron chi connectivity index (χ1n) is 4.22. The van der Waals surface area contributed by atoms with E-state index in [2.05, 4.69) is 4.98 Å². The molecule has 0 saturated heterocycles. The molecule has 0 saturated carbocycles. The minimum atomic E-state index is -1.06. The highest BCUT2D eigenvalue weighted by Gasteiger charge is 2.09. The summed E-state index contributed by atoms with van der Waals surface area (Å²) in [7, 11) is 0. The third kappa shape index (κ3) is 1.73. The van der Waals surface area contributed by atoms with Crippen LogP contribution in [-0.4, -0.2) is 21.8 Å². The van der Waals surface area contributed by atoms with Crippen LogP contribution in [0.25, 0.3) is 10.1 Å². The monoisotopic (exact) mass is 221 g/mol. The highest BCUT2D eigenvalue weighted by Crippen LogP contribution is 2.25. The zero-order valence-corrected chi connectivity index (χ0v) is 8.67. The molecule has 0 fully saturated rings. The van der Waals surface area contributed by atoms with Crippen LogP contribution in [0.3, 0.4) is 0 Å². The molecule has 0 amide bonds. The van der Waals surface area contributed by atoms with Crippen molar-refractivity contribution in [3.8, 4) is 0 Å². The first-order chi connectivity index (χ1) is 7.08. The maximum Gasteiger partial charge on any atom is 0.354 e. The highest BCUT2D eigenvalue weighted by molar-refractivity contribution is 7.20. The Morgan fingerprint density at radius 3 is 2.73 bits per heavy atom. The molecule has 0 unspecified atom stereocenters. The van der Waals surface area contributed by atoms with E-state index in [-0.39, 0.29) is 11.5 Å². The Balaban J connectivity index is 2.62. The smallest absolute Gasteiger partial charge is 0.354 e. The van der Waals surface area contributed by atoms with Crippen molar-refractivity contribution in [1.29, 1.82) is 0 Å².